The summed E-state index contributed by atoms with van der Waals surface area (Å²) in [6, 6.07) is 10.6. The largest absolute Gasteiger partial charge is 0.324 e. The summed E-state index contributed by atoms with van der Waals surface area (Å²) in [6.07, 6.45) is 0. The molecule has 3 rings (SSSR count). The topological polar surface area (TPSA) is 88.9 Å². The predicted molar refractivity (Wildman–Crippen MR) is 114 cm³/mol. The Bertz CT molecular complexity index is 1090. The van der Waals surface area contributed by atoms with E-state index < -0.39 is 5.91 Å². The Labute approximate surface area is 178 Å². The van der Waals surface area contributed by atoms with E-state index in [1.54, 1.807) is 31.2 Å². The van der Waals surface area contributed by atoms with E-state index >= 15 is 0 Å². The van der Waals surface area contributed by atoms with Crippen LogP contribution in [0.2, 0.25) is 10.0 Å². The number of carbonyl (C=O) groups excluding carboxylic acids is 2. The maximum atomic E-state index is 12.5. The predicted octanol–water partition coefficient (Wildman–Crippen LogP) is 4.40. The molecule has 150 valence electrons. The van der Waals surface area contributed by atoms with Gasteiger partial charge in [-0.2, -0.15) is 0 Å². The van der Waals surface area contributed by atoms with Gasteiger partial charge in [0.25, 0.3) is 5.91 Å². The van der Waals surface area contributed by atoms with Crippen LogP contribution in [0.5, 0.6) is 0 Å². The number of hydrogen-bond donors (Lipinski definition) is 2. The van der Waals surface area contributed by atoms with Gasteiger partial charge < -0.3 is 10.6 Å². The van der Waals surface area contributed by atoms with Crippen LogP contribution in [-0.2, 0) is 11.3 Å². The molecule has 0 fully saturated rings. The summed E-state index contributed by atoms with van der Waals surface area (Å²) >= 11 is 12.2. The summed E-state index contributed by atoms with van der Waals surface area (Å²) in [6.45, 7) is 5.36. The molecule has 2 aromatic carbocycles. The van der Waals surface area contributed by atoms with Crippen LogP contribution in [0, 0.1) is 20.8 Å². The molecule has 0 bridgehead atoms. The van der Waals surface area contributed by atoms with E-state index in [9.17, 15) is 9.59 Å². The van der Waals surface area contributed by atoms with Gasteiger partial charge in [-0.3, -0.25) is 9.59 Å². The summed E-state index contributed by atoms with van der Waals surface area (Å²) in [5.41, 5.74) is 3.54. The lowest BCUT2D eigenvalue weighted by Gasteiger charge is -2.08. The number of nitrogens with one attached hydrogen (secondary N) is 2. The van der Waals surface area contributed by atoms with E-state index in [-0.39, 0.29) is 18.1 Å². The molecule has 7 nitrogen and oxygen atoms in total. The van der Waals surface area contributed by atoms with Gasteiger partial charge in [0, 0.05) is 10.7 Å². The van der Waals surface area contributed by atoms with Crippen molar-refractivity contribution in [2.24, 2.45) is 0 Å². The zero-order valence-electron chi connectivity index (χ0n) is 16.1. The standard InChI is InChI=1S/C20H19Cl2N5O2/c1-11-4-7-17(16(22)8-11)24-20(29)19-13(3)27(26-25-19)10-18(28)23-14-6-5-12(2)15(21)9-14/h4-9H,10H2,1-3H3,(H,23,28)(H,24,29). The number of rotatable bonds is 5. The highest BCUT2D eigenvalue weighted by molar-refractivity contribution is 6.34. The SMILES string of the molecule is Cc1ccc(NC(=O)c2nnn(CC(=O)Nc3ccc(C)c(Cl)c3)c2C)c(Cl)c1. The van der Waals surface area contributed by atoms with Crippen molar-refractivity contribution in [3.63, 3.8) is 0 Å². The van der Waals surface area contributed by atoms with Crippen LogP contribution in [0.4, 0.5) is 11.4 Å². The van der Waals surface area contributed by atoms with E-state index in [0.717, 1.165) is 11.1 Å². The summed E-state index contributed by atoms with van der Waals surface area (Å²) in [7, 11) is 0. The Morgan fingerprint density at radius 1 is 1.00 bits per heavy atom. The summed E-state index contributed by atoms with van der Waals surface area (Å²) in [4.78, 5) is 24.8. The molecule has 0 aliphatic rings. The lowest BCUT2D eigenvalue weighted by Crippen LogP contribution is -2.21. The molecular weight excluding hydrogens is 413 g/mol. The second-order valence-electron chi connectivity index (χ2n) is 6.63. The van der Waals surface area contributed by atoms with Crippen LogP contribution in [0.3, 0.4) is 0 Å². The Morgan fingerprint density at radius 2 is 1.76 bits per heavy atom. The highest BCUT2D eigenvalue weighted by Crippen LogP contribution is 2.23. The van der Waals surface area contributed by atoms with Crippen molar-refractivity contribution in [1.82, 2.24) is 15.0 Å². The highest BCUT2D eigenvalue weighted by atomic mass is 35.5. The molecule has 3 aromatic rings. The van der Waals surface area contributed by atoms with Crippen molar-refractivity contribution in [1.29, 1.82) is 0 Å². The molecule has 1 heterocycles. The molecule has 0 saturated carbocycles. The van der Waals surface area contributed by atoms with Gasteiger partial charge in [0.05, 0.1) is 16.4 Å². The number of carbonyl (C=O) groups is 2. The molecule has 0 spiro atoms. The van der Waals surface area contributed by atoms with E-state index in [0.29, 0.717) is 27.1 Å². The van der Waals surface area contributed by atoms with E-state index in [4.69, 9.17) is 23.2 Å². The molecule has 0 saturated heterocycles. The summed E-state index contributed by atoms with van der Waals surface area (Å²) < 4.78 is 1.36. The fraction of sp³-hybridized carbons (Fsp3) is 0.200. The summed E-state index contributed by atoms with van der Waals surface area (Å²) in [5.74, 6) is -0.767. The van der Waals surface area contributed by atoms with Gasteiger partial charge in [-0.1, -0.05) is 40.5 Å². The van der Waals surface area contributed by atoms with Gasteiger partial charge >= 0.3 is 0 Å². The molecule has 0 radical (unpaired) electrons. The zero-order valence-corrected chi connectivity index (χ0v) is 17.6. The number of benzene rings is 2. The number of aromatic nitrogens is 3. The van der Waals surface area contributed by atoms with Gasteiger partial charge in [-0.15, -0.1) is 5.10 Å². The molecule has 9 heteroatoms. The number of amides is 2. The Hall–Kier alpha value is -2.90. The third-order valence-corrected chi connectivity index (χ3v) is 5.04. The van der Waals surface area contributed by atoms with Crippen LogP contribution < -0.4 is 10.6 Å². The quantitative estimate of drug-likeness (QED) is 0.626. The number of aryl methyl sites for hydroxylation is 2. The molecule has 1 aromatic heterocycles. The zero-order chi connectivity index (χ0) is 21.1. The van der Waals surface area contributed by atoms with Crippen LogP contribution >= 0.6 is 23.2 Å². The Kier molecular flexibility index (Phi) is 6.20. The first kappa shape index (κ1) is 20.8. The molecular formula is C20H19Cl2N5O2. The van der Waals surface area contributed by atoms with Crippen LogP contribution in [0.1, 0.15) is 27.3 Å². The fourth-order valence-corrected chi connectivity index (χ4v) is 3.09. The van der Waals surface area contributed by atoms with Crippen LogP contribution in [0.25, 0.3) is 0 Å². The second-order valence-corrected chi connectivity index (χ2v) is 7.45. The van der Waals surface area contributed by atoms with Gasteiger partial charge in [-0.25, -0.2) is 4.68 Å². The average molecular weight is 432 g/mol. The Morgan fingerprint density at radius 3 is 2.45 bits per heavy atom. The first-order valence-corrected chi connectivity index (χ1v) is 9.54. The second kappa shape index (κ2) is 8.63. The lowest BCUT2D eigenvalue weighted by molar-refractivity contribution is -0.117. The molecule has 2 N–H and O–H groups in total. The number of halogens is 2. The average Bonchev–Trinajstić information content (AvgIpc) is 3.01. The third-order valence-electron chi connectivity index (χ3n) is 4.32. The van der Waals surface area contributed by atoms with E-state index in [2.05, 4.69) is 20.9 Å². The van der Waals surface area contributed by atoms with E-state index in [1.807, 2.05) is 26.0 Å². The minimum absolute atomic E-state index is 0.0943. The van der Waals surface area contributed by atoms with Crippen molar-refractivity contribution < 1.29 is 9.59 Å². The van der Waals surface area contributed by atoms with Crippen molar-refractivity contribution in [3.05, 3.63) is 69.0 Å². The maximum absolute atomic E-state index is 12.5. The monoisotopic (exact) mass is 431 g/mol. The minimum atomic E-state index is -0.453. The lowest BCUT2D eigenvalue weighted by atomic mass is 10.2. The van der Waals surface area contributed by atoms with Crippen LogP contribution in [-0.4, -0.2) is 26.8 Å². The maximum Gasteiger partial charge on any atom is 0.278 e. The minimum Gasteiger partial charge on any atom is -0.324 e. The fourth-order valence-electron chi connectivity index (χ4n) is 2.63. The van der Waals surface area contributed by atoms with Crippen molar-refractivity contribution >= 4 is 46.4 Å². The smallest absolute Gasteiger partial charge is 0.278 e. The van der Waals surface area contributed by atoms with Gasteiger partial charge in [0.2, 0.25) is 5.91 Å². The normalized spacial score (nSPS) is 10.7. The van der Waals surface area contributed by atoms with Crippen LogP contribution in [0.15, 0.2) is 36.4 Å². The van der Waals surface area contributed by atoms with Crippen molar-refractivity contribution in [3.8, 4) is 0 Å². The van der Waals surface area contributed by atoms with Gasteiger partial charge in [0.15, 0.2) is 5.69 Å². The van der Waals surface area contributed by atoms with Crippen molar-refractivity contribution in [2.45, 2.75) is 27.3 Å². The molecule has 0 unspecified atom stereocenters. The molecule has 0 aliphatic heterocycles. The highest BCUT2D eigenvalue weighted by Gasteiger charge is 2.19. The Balaban J connectivity index is 1.68. The van der Waals surface area contributed by atoms with Gasteiger partial charge in [0.1, 0.15) is 6.54 Å². The molecule has 0 aliphatic carbocycles. The first-order chi connectivity index (χ1) is 13.7. The summed E-state index contributed by atoms with van der Waals surface area (Å²) in [5, 5.41) is 14.3. The molecule has 2 amide bonds. The van der Waals surface area contributed by atoms with Crippen molar-refractivity contribution in [2.75, 3.05) is 10.6 Å². The van der Waals surface area contributed by atoms with E-state index in [1.165, 1.54) is 4.68 Å². The molecule has 29 heavy (non-hydrogen) atoms. The number of anilines is 2. The third kappa shape index (κ3) is 4.93. The van der Waals surface area contributed by atoms with Gasteiger partial charge in [-0.05, 0) is 56.2 Å². The number of hydrogen-bond acceptors (Lipinski definition) is 4. The number of nitrogens with zero attached hydrogens (tertiary/aromatic N) is 3. The first-order valence-electron chi connectivity index (χ1n) is 8.78. The molecule has 0 atom stereocenters.